The molecule has 2 nitrogen and oxygen atoms in total. The van der Waals surface area contributed by atoms with E-state index in [2.05, 4.69) is 17.5 Å². The lowest BCUT2D eigenvalue weighted by atomic mass is 9.94. The predicted molar refractivity (Wildman–Crippen MR) is 64.0 cm³/mol. The lowest BCUT2D eigenvalue weighted by Gasteiger charge is -2.33. The number of aliphatic hydroxyl groups is 1. The van der Waals surface area contributed by atoms with Crippen LogP contribution in [-0.2, 0) is 0 Å². The third kappa shape index (κ3) is 4.20. The van der Waals surface area contributed by atoms with Crippen LogP contribution >= 0.6 is 12.6 Å². The van der Waals surface area contributed by atoms with E-state index in [4.69, 9.17) is 5.11 Å². The van der Waals surface area contributed by atoms with Crippen molar-refractivity contribution in [2.45, 2.75) is 44.6 Å². The highest BCUT2D eigenvalue weighted by Gasteiger charge is 2.19. The third-order valence-corrected chi connectivity index (χ3v) is 3.40. The van der Waals surface area contributed by atoms with Gasteiger partial charge in [0.1, 0.15) is 0 Å². The van der Waals surface area contributed by atoms with Crippen LogP contribution in [0.25, 0.3) is 0 Å². The summed E-state index contributed by atoms with van der Waals surface area (Å²) >= 11 is 4.24. The van der Waals surface area contributed by atoms with Crippen LogP contribution < -0.4 is 0 Å². The van der Waals surface area contributed by atoms with Crippen LogP contribution in [0.5, 0.6) is 0 Å². The average Bonchev–Trinajstić information content (AvgIpc) is 2.25. The molecule has 0 aromatic carbocycles. The van der Waals surface area contributed by atoms with E-state index in [1.165, 1.54) is 32.1 Å². The Labute approximate surface area is 93.1 Å². The number of aliphatic hydroxyl groups excluding tert-OH is 1. The molecule has 0 aliphatic heterocycles. The third-order valence-electron chi connectivity index (χ3n) is 3.08. The van der Waals surface area contributed by atoms with Crippen molar-refractivity contribution in [2.24, 2.45) is 0 Å². The minimum absolute atomic E-state index is 0.295. The smallest absolute Gasteiger partial charge is 0.0558 e. The van der Waals surface area contributed by atoms with Crippen molar-refractivity contribution in [2.75, 3.05) is 25.4 Å². The highest BCUT2D eigenvalue weighted by atomic mass is 32.1. The largest absolute Gasteiger partial charge is 0.395 e. The van der Waals surface area contributed by atoms with Gasteiger partial charge < -0.3 is 5.11 Å². The van der Waals surface area contributed by atoms with Gasteiger partial charge in [0.05, 0.1) is 6.61 Å². The van der Waals surface area contributed by atoms with Gasteiger partial charge in [-0.15, -0.1) is 0 Å². The molecule has 84 valence electrons. The Hall–Kier alpha value is 0.270. The summed E-state index contributed by atoms with van der Waals surface area (Å²) in [6, 6.07) is 0.732. The van der Waals surface area contributed by atoms with Gasteiger partial charge in [-0.1, -0.05) is 19.3 Å². The van der Waals surface area contributed by atoms with Gasteiger partial charge in [-0.2, -0.15) is 12.6 Å². The monoisotopic (exact) mass is 217 g/mol. The first kappa shape index (κ1) is 12.3. The van der Waals surface area contributed by atoms with Gasteiger partial charge in [-0.05, 0) is 31.6 Å². The van der Waals surface area contributed by atoms with E-state index in [0.29, 0.717) is 6.61 Å². The minimum atomic E-state index is 0.295. The van der Waals surface area contributed by atoms with E-state index < -0.39 is 0 Å². The van der Waals surface area contributed by atoms with Gasteiger partial charge in [-0.3, -0.25) is 4.90 Å². The van der Waals surface area contributed by atoms with Crippen LogP contribution in [0.2, 0.25) is 0 Å². The van der Waals surface area contributed by atoms with Crippen LogP contribution in [0.15, 0.2) is 0 Å². The molecular weight excluding hydrogens is 194 g/mol. The topological polar surface area (TPSA) is 23.5 Å². The van der Waals surface area contributed by atoms with Crippen LogP contribution in [-0.4, -0.2) is 41.5 Å². The molecule has 0 amide bonds. The molecular formula is C11H23NOS. The number of hydrogen-bond acceptors (Lipinski definition) is 3. The van der Waals surface area contributed by atoms with Crippen molar-refractivity contribution in [1.29, 1.82) is 0 Å². The first-order valence-electron chi connectivity index (χ1n) is 5.84. The molecule has 1 aliphatic carbocycles. The molecule has 0 aromatic rings. The van der Waals surface area contributed by atoms with E-state index in [1.54, 1.807) is 0 Å². The van der Waals surface area contributed by atoms with Gasteiger partial charge >= 0.3 is 0 Å². The maximum Gasteiger partial charge on any atom is 0.0558 e. The predicted octanol–water partition coefficient (Wildman–Crippen LogP) is 1.93. The summed E-state index contributed by atoms with van der Waals surface area (Å²) in [4.78, 5) is 2.45. The summed E-state index contributed by atoms with van der Waals surface area (Å²) in [6.45, 7) is 2.25. The Balaban J connectivity index is 2.30. The second kappa shape index (κ2) is 7.55. The standard InChI is InChI=1S/C11H23NOS/c13-9-8-12(7-4-10-14)11-5-2-1-3-6-11/h11,13-14H,1-10H2. The van der Waals surface area contributed by atoms with Crippen LogP contribution in [0.1, 0.15) is 38.5 Å². The zero-order valence-electron chi connectivity index (χ0n) is 8.99. The normalized spacial score (nSPS) is 19.1. The molecule has 0 unspecified atom stereocenters. The van der Waals surface area contributed by atoms with Gasteiger partial charge in [0, 0.05) is 12.6 Å². The van der Waals surface area contributed by atoms with Gasteiger partial charge in [0.15, 0.2) is 0 Å². The van der Waals surface area contributed by atoms with Gasteiger partial charge in [0.25, 0.3) is 0 Å². The number of nitrogens with zero attached hydrogens (tertiary/aromatic N) is 1. The highest BCUT2D eigenvalue weighted by molar-refractivity contribution is 7.80. The van der Waals surface area contributed by atoms with Crippen molar-refractivity contribution < 1.29 is 5.11 Å². The summed E-state index contributed by atoms with van der Waals surface area (Å²) in [5.41, 5.74) is 0. The first-order chi connectivity index (χ1) is 6.88. The Morgan fingerprint density at radius 1 is 1.14 bits per heavy atom. The van der Waals surface area contributed by atoms with Crippen molar-refractivity contribution in [3.63, 3.8) is 0 Å². The summed E-state index contributed by atoms with van der Waals surface area (Å²) in [6.07, 6.45) is 7.93. The van der Waals surface area contributed by atoms with Crippen molar-refractivity contribution in [3.05, 3.63) is 0 Å². The maximum atomic E-state index is 9.01. The Bertz CT molecular complexity index is 137. The van der Waals surface area contributed by atoms with Crippen LogP contribution in [0.4, 0.5) is 0 Å². The highest BCUT2D eigenvalue weighted by Crippen LogP contribution is 2.22. The lowest BCUT2D eigenvalue weighted by molar-refractivity contribution is 0.124. The van der Waals surface area contributed by atoms with E-state index in [1.807, 2.05) is 0 Å². The SMILES string of the molecule is OCCN(CCCS)C1CCCCC1. The Kier molecular flexibility index (Phi) is 6.65. The average molecular weight is 217 g/mol. The van der Waals surface area contributed by atoms with Gasteiger partial charge in [0.2, 0.25) is 0 Å². The van der Waals surface area contributed by atoms with E-state index in [9.17, 15) is 0 Å². The zero-order chi connectivity index (χ0) is 10.2. The lowest BCUT2D eigenvalue weighted by Crippen LogP contribution is -2.39. The Morgan fingerprint density at radius 2 is 1.86 bits per heavy atom. The second-order valence-electron chi connectivity index (χ2n) is 4.13. The molecule has 0 aromatic heterocycles. The van der Waals surface area contributed by atoms with Crippen LogP contribution in [0, 0.1) is 0 Å². The number of rotatable bonds is 6. The molecule has 0 saturated heterocycles. The van der Waals surface area contributed by atoms with E-state index in [0.717, 1.165) is 31.3 Å². The molecule has 0 bridgehead atoms. The quantitative estimate of drug-likeness (QED) is 0.664. The molecule has 14 heavy (non-hydrogen) atoms. The molecule has 1 rings (SSSR count). The molecule has 1 aliphatic rings. The summed E-state index contributed by atoms with van der Waals surface area (Å²) < 4.78 is 0. The van der Waals surface area contributed by atoms with Crippen molar-refractivity contribution in [3.8, 4) is 0 Å². The summed E-state index contributed by atoms with van der Waals surface area (Å²) in [7, 11) is 0. The number of hydrogen-bond donors (Lipinski definition) is 2. The molecule has 0 radical (unpaired) electrons. The fraction of sp³-hybridized carbons (Fsp3) is 1.00. The van der Waals surface area contributed by atoms with Crippen molar-refractivity contribution in [1.82, 2.24) is 4.90 Å². The number of thiol groups is 1. The van der Waals surface area contributed by atoms with Gasteiger partial charge in [-0.25, -0.2) is 0 Å². The molecule has 0 heterocycles. The summed E-state index contributed by atoms with van der Waals surface area (Å²) in [5, 5.41) is 9.01. The minimum Gasteiger partial charge on any atom is -0.395 e. The maximum absolute atomic E-state index is 9.01. The fourth-order valence-electron chi connectivity index (χ4n) is 2.33. The van der Waals surface area contributed by atoms with Crippen LogP contribution in [0.3, 0.4) is 0 Å². The molecule has 1 fully saturated rings. The summed E-state index contributed by atoms with van der Waals surface area (Å²) in [5.74, 6) is 0.953. The second-order valence-corrected chi connectivity index (χ2v) is 4.58. The van der Waals surface area contributed by atoms with Crippen molar-refractivity contribution >= 4 is 12.6 Å². The van der Waals surface area contributed by atoms with E-state index >= 15 is 0 Å². The molecule has 1 saturated carbocycles. The molecule has 1 N–H and O–H groups in total. The Morgan fingerprint density at radius 3 is 2.43 bits per heavy atom. The first-order valence-corrected chi connectivity index (χ1v) is 6.47. The molecule has 3 heteroatoms. The van der Waals surface area contributed by atoms with E-state index in [-0.39, 0.29) is 0 Å². The fourth-order valence-corrected chi connectivity index (χ4v) is 2.47. The zero-order valence-corrected chi connectivity index (χ0v) is 9.88. The molecule has 0 spiro atoms. The molecule has 0 atom stereocenters.